The third-order valence-electron chi connectivity index (χ3n) is 9.58. The first-order valence-corrected chi connectivity index (χ1v) is 16.6. The first-order chi connectivity index (χ1) is 22.8. The van der Waals surface area contributed by atoms with Gasteiger partial charge < -0.3 is 4.57 Å². The zero-order chi connectivity index (χ0) is 30.2. The molecule has 214 valence electrons. The highest BCUT2D eigenvalue weighted by atomic mass is 32.2. The Bertz CT molecular complexity index is 2660. The molecule has 10 rings (SSSR count). The van der Waals surface area contributed by atoms with Crippen LogP contribution in [0, 0.1) is 0 Å². The van der Waals surface area contributed by atoms with Crippen LogP contribution in [0.15, 0.2) is 174 Å². The molecule has 2 heteroatoms. The molecule has 0 N–H and O–H groups in total. The van der Waals surface area contributed by atoms with Gasteiger partial charge in [-0.3, -0.25) is 0 Å². The monoisotopic (exact) mass is 601 g/mol. The van der Waals surface area contributed by atoms with E-state index in [0.717, 1.165) is 0 Å². The van der Waals surface area contributed by atoms with Crippen LogP contribution in [-0.4, -0.2) is 4.57 Å². The Morgan fingerprint density at radius 1 is 0.370 bits per heavy atom. The molecule has 0 aliphatic carbocycles. The van der Waals surface area contributed by atoms with E-state index in [1.165, 1.54) is 92.2 Å². The predicted molar refractivity (Wildman–Crippen MR) is 196 cm³/mol. The van der Waals surface area contributed by atoms with Crippen molar-refractivity contribution in [2.75, 3.05) is 0 Å². The van der Waals surface area contributed by atoms with Crippen molar-refractivity contribution in [1.82, 2.24) is 4.57 Å². The van der Waals surface area contributed by atoms with Gasteiger partial charge in [-0.05, 0) is 92.0 Å². The molecular formula is C44H27NS. The molecule has 0 bridgehead atoms. The number of aromatic nitrogens is 1. The molecular weight excluding hydrogens is 575 g/mol. The Balaban J connectivity index is 1.26. The van der Waals surface area contributed by atoms with Crippen LogP contribution in [0.5, 0.6) is 0 Å². The second-order valence-electron chi connectivity index (χ2n) is 12.1. The van der Waals surface area contributed by atoms with Crippen molar-refractivity contribution in [3.05, 3.63) is 164 Å². The Labute approximate surface area is 271 Å². The van der Waals surface area contributed by atoms with Gasteiger partial charge in [-0.2, -0.15) is 0 Å². The minimum Gasteiger partial charge on any atom is -0.309 e. The average molecular weight is 602 g/mol. The summed E-state index contributed by atoms with van der Waals surface area (Å²) >= 11 is 1.88. The highest BCUT2D eigenvalue weighted by Gasteiger charge is 2.22. The van der Waals surface area contributed by atoms with Crippen LogP contribution in [0.2, 0.25) is 0 Å². The number of hydrogen-bond donors (Lipinski definition) is 0. The van der Waals surface area contributed by atoms with Crippen molar-refractivity contribution in [3.63, 3.8) is 0 Å². The fourth-order valence-corrected chi connectivity index (χ4v) is 8.74. The van der Waals surface area contributed by atoms with E-state index in [1.807, 2.05) is 11.8 Å². The zero-order valence-corrected chi connectivity index (χ0v) is 25.8. The number of hydrogen-bond acceptors (Lipinski definition) is 1. The highest BCUT2D eigenvalue weighted by Crippen LogP contribution is 2.50. The maximum absolute atomic E-state index is 2.43. The summed E-state index contributed by atoms with van der Waals surface area (Å²) in [5.41, 5.74) is 11.2. The second-order valence-corrected chi connectivity index (χ2v) is 13.2. The maximum atomic E-state index is 2.43. The Kier molecular flexibility index (Phi) is 5.58. The Morgan fingerprint density at radius 2 is 1.04 bits per heavy atom. The minimum absolute atomic E-state index is 1.17. The van der Waals surface area contributed by atoms with Crippen molar-refractivity contribution >= 4 is 55.1 Å². The molecule has 1 aromatic heterocycles. The summed E-state index contributed by atoms with van der Waals surface area (Å²) in [6.07, 6.45) is 0. The summed E-state index contributed by atoms with van der Waals surface area (Å²) in [6, 6.07) is 60.2. The molecule has 0 amide bonds. The lowest BCUT2D eigenvalue weighted by Gasteiger charge is -2.21. The van der Waals surface area contributed by atoms with Crippen LogP contribution in [0.3, 0.4) is 0 Å². The zero-order valence-electron chi connectivity index (χ0n) is 24.9. The van der Waals surface area contributed by atoms with E-state index in [1.54, 1.807) is 0 Å². The molecule has 0 unspecified atom stereocenters. The van der Waals surface area contributed by atoms with Crippen LogP contribution >= 0.6 is 11.8 Å². The SMILES string of the molecule is c1ccc(-n2c3cccc(-c4ccccc4-c4ccc5c(c4)-c4cccc6cccc(c46)S5)c3c3c4ccccc4ccc32)cc1. The predicted octanol–water partition coefficient (Wildman–Crippen LogP) is 12.6. The van der Waals surface area contributed by atoms with E-state index in [-0.39, 0.29) is 0 Å². The molecule has 1 aliphatic rings. The van der Waals surface area contributed by atoms with Gasteiger partial charge in [0.25, 0.3) is 0 Å². The van der Waals surface area contributed by atoms with E-state index in [4.69, 9.17) is 0 Å². The molecule has 1 aliphatic heterocycles. The van der Waals surface area contributed by atoms with E-state index < -0.39 is 0 Å². The lowest BCUT2D eigenvalue weighted by molar-refractivity contribution is 1.18. The summed E-state index contributed by atoms with van der Waals surface area (Å²) < 4.78 is 2.43. The van der Waals surface area contributed by atoms with Crippen molar-refractivity contribution in [1.29, 1.82) is 0 Å². The van der Waals surface area contributed by atoms with Gasteiger partial charge in [0, 0.05) is 31.6 Å². The molecule has 0 fully saturated rings. The summed E-state index contributed by atoms with van der Waals surface area (Å²) in [4.78, 5) is 2.65. The Morgan fingerprint density at radius 3 is 1.93 bits per heavy atom. The average Bonchev–Trinajstić information content (AvgIpc) is 3.47. The minimum atomic E-state index is 1.17. The number of benzene rings is 8. The van der Waals surface area contributed by atoms with E-state index in [9.17, 15) is 0 Å². The number of nitrogens with zero attached hydrogens (tertiary/aromatic N) is 1. The van der Waals surface area contributed by atoms with Crippen molar-refractivity contribution in [2.24, 2.45) is 0 Å². The van der Waals surface area contributed by atoms with Gasteiger partial charge in [0.1, 0.15) is 0 Å². The third kappa shape index (κ3) is 3.71. The summed E-state index contributed by atoms with van der Waals surface area (Å²) in [6.45, 7) is 0. The highest BCUT2D eigenvalue weighted by molar-refractivity contribution is 7.99. The first kappa shape index (κ1) is 25.7. The third-order valence-corrected chi connectivity index (χ3v) is 10.7. The van der Waals surface area contributed by atoms with E-state index >= 15 is 0 Å². The summed E-state index contributed by atoms with van der Waals surface area (Å²) in [5.74, 6) is 0. The quantitative estimate of drug-likeness (QED) is 0.195. The lowest BCUT2D eigenvalue weighted by Crippen LogP contribution is -1.94. The molecule has 46 heavy (non-hydrogen) atoms. The van der Waals surface area contributed by atoms with Crippen LogP contribution in [0.4, 0.5) is 0 Å². The van der Waals surface area contributed by atoms with Crippen LogP contribution in [-0.2, 0) is 0 Å². The number of para-hydroxylation sites is 1. The van der Waals surface area contributed by atoms with Crippen LogP contribution < -0.4 is 0 Å². The Hall–Kier alpha value is -5.57. The fraction of sp³-hybridized carbons (Fsp3) is 0. The van der Waals surface area contributed by atoms with Gasteiger partial charge >= 0.3 is 0 Å². The maximum Gasteiger partial charge on any atom is 0.0547 e. The molecule has 8 aromatic carbocycles. The standard InChI is InChI=1S/C44H27NS/c1-2-14-31(15-3-1)45-38-21-10-20-35(44(38)43-33-17-5-4-11-28(33)23-25-39(43)45)34-18-7-6-16-32(34)30-24-26-40-37(27-30)36-19-8-12-29-13-9-22-41(46-40)42(29)36/h1-27H. The van der Waals surface area contributed by atoms with Gasteiger partial charge in [0.15, 0.2) is 0 Å². The molecule has 0 spiro atoms. The van der Waals surface area contributed by atoms with Gasteiger partial charge in [-0.15, -0.1) is 0 Å². The summed E-state index contributed by atoms with van der Waals surface area (Å²) in [5, 5.41) is 7.78. The van der Waals surface area contributed by atoms with Crippen molar-refractivity contribution in [3.8, 4) is 39.1 Å². The van der Waals surface area contributed by atoms with Crippen LogP contribution in [0.25, 0.3) is 82.4 Å². The van der Waals surface area contributed by atoms with E-state index in [2.05, 4.69) is 168 Å². The molecule has 1 nitrogen and oxygen atoms in total. The normalized spacial score (nSPS) is 12.3. The molecule has 0 saturated heterocycles. The number of fused-ring (bicyclic) bond motifs is 7. The fourth-order valence-electron chi connectivity index (χ4n) is 7.61. The topological polar surface area (TPSA) is 4.93 Å². The van der Waals surface area contributed by atoms with Gasteiger partial charge in [-0.25, -0.2) is 0 Å². The smallest absolute Gasteiger partial charge is 0.0547 e. The second kappa shape index (κ2) is 9.97. The molecule has 0 atom stereocenters. The van der Waals surface area contributed by atoms with Crippen molar-refractivity contribution in [2.45, 2.75) is 9.79 Å². The van der Waals surface area contributed by atoms with Gasteiger partial charge in [0.05, 0.1) is 11.0 Å². The first-order valence-electron chi connectivity index (χ1n) is 15.8. The van der Waals surface area contributed by atoms with E-state index in [0.29, 0.717) is 0 Å². The van der Waals surface area contributed by atoms with Gasteiger partial charge in [0.2, 0.25) is 0 Å². The largest absolute Gasteiger partial charge is 0.309 e. The van der Waals surface area contributed by atoms with Gasteiger partial charge in [-0.1, -0.05) is 133 Å². The molecule has 0 saturated carbocycles. The molecule has 9 aromatic rings. The molecule has 0 radical (unpaired) electrons. The molecule has 2 heterocycles. The van der Waals surface area contributed by atoms with Crippen LogP contribution in [0.1, 0.15) is 0 Å². The number of rotatable bonds is 3. The summed E-state index contributed by atoms with van der Waals surface area (Å²) in [7, 11) is 0. The van der Waals surface area contributed by atoms with Crippen molar-refractivity contribution < 1.29 is 0 Å². The lowest BCUT2D eigenvalue weighted by atomic mass is 9.89.